The molecule has 0 saturated heterocycles. The standard InChI is InChI=1S/C16H18N4O2/c1-22-9-8-17-15-6-7-16-18-10-14(20(16)19-15)13-4-2-12(11-21)3-5-13/h2-7,10,21H,8-9,11H2,1H3,(H,17,19). The number of aliphatic hydroxyl groups is 1. The highest BCUT2D eigenvalue weighted by molar-refractivity contribution is 5.63. The molecule has 2 heterocycles. The minimum absolute atomic E-state index is 0.0409. The van der Waals surface area contributed by atoms with Gasteiger partial charge < -0.3 is 15.2 Å². The third kappa shape index (κ3) is 2.93. The molecule has 114 valence electrons. The third-order valence-corrected chi connectivity index (χ3v) is 3.41. The van der Waals surface area contributed by atoms with E-state index in [9.17, 15) is 0 Å². The number of aliphatic hydroxyl groups excluding tert-OH is 1. The molecular formula is C16H18N4O2. The van der Waals surface area contributed by atoms with Crippen molar-refractivity contribution < 1.29 is 9.84 Å². The Morgan fingerprint density at radius 2 is 2.00 bits per heavy atom. The van der Waals surface area contributed by atoms with Gasteiger partial charge in [0.05, 0.1) is 25.1 Å². The van der Waals surface area contributed by atoms with Gasteiger partial charge in [0, 0.05) is 19.2 Å². The molecule has 0 unspecified atom stereocenters. The topological polar surface area (TPSA) is 71.7 Å². The Morgan fingerprint density at radius 3 is 2.73 bits per heavy atom. The lowest BCUT2D eigenvalue weighted by Gasteiger charge is -2.07. The van der Waals surface area contributed by atoms with Gasteiger partial charge in [-0.05, 0) is 17.7 Å². The van der Waals surface area contributed by atoms with Crippen molar-refractivity contribution in [2.75, 3.05) is 25.6 Å². The molecule has 0 atom stereocenters. The van der Waals surface area contributed by atoms with Crippen molar-refractivity contribution in [3.63, 3.8) is 0 Å². The number of methoxy groups -OCH3 is 1. The van der Waals surface area contributed by atoms with E-state index in [1.807, 2.05) is 40.9 Å². The van der Waals surface area contributed by atoms with Crippen LogP contribution in [0.2, 0.25) is 0 Å². The maximum absolute atomic E-state index is 9.12. The highest BCUT2D eigenvalue weighted by atomic mass is 16.5. The van der Waals surface area contributed by atoms with E-state index in [1.54, 1.807) is 13.3 Å². The van der Waals surface area contributed by atoms with E-state index < -0.39 is 0 Å². The molecule has 3 aromatic rings. The first-order valence-electron chi connectivity index (χ1n) is 7.09. The molecule has 6 heteroatoms. The van der Waals surface area contributed by atoms with Gasteiger partial charge in [-0.2, -0.15) is 0 Å². The number of benzene rings is 1. The maximum Gasteiger partial charge on any atom is 0.154 e. The molecule has 2 aromatic heterocycles. The van der Waals surface area contributed by atoms with Crippen LogP contribution in [-0.4, -0.2) is 40.0 Å². The Labute approximate surface area is 128 Å². The first-order valence-corrected chi connectivity index (χ1v) is 7.09. The Morgan fingerprint density at radius 1 is 1.18 bits per heavy atom. The quantitative estimate of drug-likeness (QED) is 0.681. The average Bonchev–Trinajstić information content (AvgIpc) is 2.98. The van der Waals surface area contributed by atoms with E-state index >= 15 is 0 Å². The number of hydrogen-bond acceptors (Lipinski definition) is 5. The second kappa shape index (κ2) is 6.55. The summed E-state index contributed by atoms with van der Waals surface area (Å²) in [6.45, 7) is 1.36. The summed E-state index contributed by atoms with van der Waals surface area (Å²) in [5, 5.41) is 16.9. The summed E-state index contributed by atoms with van der Waals surface area (Å²) >= 11 is 0. The molecule has 0 aliphatic rings. The van der Waals surface area contributed by atoms with Crippen molar-refractivity contribution in [1.29, 1.82) is 0 Å². The van der Waals surface area contributed by atoms with Crippen LogP contribution in [0.3, 0.4) is 0 Å². The second-order valence-electron chi connectivity index (χ2n) is 4.91. The van der Waals surface area contributed by atoms with Crippen molar-refractivity contribution in [3.05, 3.63) is 48.2 Å². The number of imidazole rings is 1. The van der Waals surface area contributed by atoms with Crippen LogP contribution in [0.15, 0.2) is 42.6 Å². The third-order valence-electron chi connectivity index (χ3n) is 3.41. The Hall–Kier alpha value is -2.44. The van der Waals surface area contributed by atoms with Crippen LogP contribution in [0.1, 0.15) is 5.56 Å². The van der Waals surface area contributed by atoms with Gasteiger partial charge in [0.1, 0.15) is 5.82 Å². The van der Waals surface area contributed by atoms with Crippen LogP contribution in [0, 0.1) is 0 Å². The van der Waals surface area contributed by atoms with Gasteiger partial charge in [0.2, 0.25) is 0 Å². The van der Waals surface area contributed by atoms with E-state index in [1.165, 1.54) is 0 Å². The van der Waals surface area contributed by atoms with Crippen molar-refractivity contribution in [1.82, 2.24) is 14.6 Å². The molecule has 0 amide bonds. The number of anilines is 1. The van der Waals surface area contributed by atoms with Crippen LogP contribution in [0.25, 0.3) is 16.9 Å². The lowest BCUT2D eigenvalue weighted by atomic mass is 10.1. The van der Waals surface area contributed by atoms with E-state index in [0.29, 0.717) is 13.2 Å². The summed E-state index contributed by atoms with van der Waals surface area (Å²) in [5.41, 5.74) is 3.59. The molecule has 2 N–H and O–H groups in total. The Balaban J connectivity index is 1.93. The molecule has 3 rings (SSSR count). The van der Waals surface area contributed by atoms with E-state index in [2.05, 4.69) is 15.4 Å². The van der Waals surface area contributed by atoms with Crippen molar-refractivity contribution >= 4 is 11.5 Å². The van der Waals surface area contributed by atoms with Gasteiger partial charge in [-0.3, -0.25) is 0 Å². The predicted octanol–water partition coefficient (Wildman–Crippen LogP) is 1.95. The molecule has 0 spiro atoms. The van der Waals surface area contributed by atoms with Gasteiger partial charge in [-0.25, -0.2) is 9.50 Å². The van der Waals surface area contributed by atoms with Crippen molar-refractivity contribution in [2.45, 2.75) is 6.61 Å². The average molecular weight is 298 g/mol. The Kier molecular flexibility index (Phi) is 4.32. The molecule has 0 aliphatic carbocycles. The van der Waals surface area contributed by atoms with Gasteiger partial charge in [0.15, 0.2) is 5.65 Å². The highest BCUT2D eigenvalue weighted by Gasteiger charge is 2.08. The summed E-state index contributed by atoms with van der Waals surface area (Å²) in [6, 6.07) is 11.5. The summed E-state index contributed by atoms with van der Waals surface area (Å²) in [5.74, 6) is 0.774. The van der Waals surface area contributed by atoms with E-state index in [0.717, 1.165) is 28.3 Å². The first-order chi connectivity index (χ1) is 10.8. The largest absolute Gasteiger partial charge is 0.392 e. The monoisotopic (exact) mass is 298 g/mol. The molecule has 0 bridgehead atoms. The van der Waals surface area contributed by atoms with E-state index in [-0.39, 0.29) is 6.61 Å². The number of rotatable bonds is 6. The van der Waals surface area contributed by atoms with Crippen LogP contribution >= 0.6 is 0 Å². The molecule has 0 aliphatic heterocycles. The normalized spacial score (nSPS) is 11.0. The van der Waals surface area contributed by atoms with Gasteiger partial charge in [-0.1, -0.05) is 24.3 Å². The minimum atomic E-state index is 0.0409. The van der Waals surface area contributed by atoms with Crippen molar-refractivity contribution in [3.8, 4) is 11.3 Å². The highest BCUT2D eigenvalue weighted by Crippen LogP contribution is 2.21. The fourth-order valence-electron chi connectivity index (χ4n) is 2.23. The zero-order valence-electron chi connectivity index (χ0n) is 12.4. The fourth-order valence-corrected chi connectivity index (χ4v) is 2.23. The number of aromatic nitrogens is 3. The number of fused-ring (bicyclic) bond motifs is 1. The molecule has 22 heavy (non-hydrogen) atoms. The number of nitrogens with one attached hydrogen (secondary N) is 1. The molecule has 1 aromatic carbocycles. The second-order valence-corrected chi connectivity index (χ2v) is 4.91. The Bertz CT molecular complexity index is 752. The SMILES string of the molecule is COCCNc1ccc2ncc(-c3ccc(CO)cc3)n2n1. The van der Waals surface area contributed by atoms with E-state index in [4.69, 9.17) is 9.84 Å². The van der Waals surface area contributed by atoms with Crippen LogP contribution < -0.4 is 5.32 Å². The zero-order valence-corrected chi connectivity index (χ0v) is 12.4. The maximum atomic E-state index is 9.12. The van der Waals surface area contributed by atoms with Crippen LogP contribution in [-0.2, 0) is 11.3 Å². The lowest BCUT2D eigenvalue weighted by molar-refractivity contribution is 0.210. The van der Waals surface area contributed by atoms with Gasteiger partial charge in [0.25, 0.3) is 0 Å². The van der Waals surface area contributed by atoms with Gasteiger partial charge in [-0.15, -0.1) is 5.10 Å². The first kappa shape index (κ1) is 14.5. The number of ether oxygens (including phenoxy) is 1. The molecule has 0 saturated carbocycles. The molecule has 0 radical (unpaired) electrons. The summed E-state index contributed by atoms with van der Waals surface area (Å²) in [4.78, 5) is 4.37. The predicted molar refractivity (Wildman–Crippen MR) is 84.7 cm³/mol. The molecule has 6 nitrogen and oxygen atoms in total. The minimum Gasteiger partial charge on any atom is -0.392 e. The number of hydrogen-bond donors (Lipinski definition) is 2. The van der Waals surface area contributed by atoms with Crippen LogP contribution in [0.4, 0.5) is 5.82 Å². The number of nitrogens with zero attached hydrogens (tertiary/aromatic N) is 3. The summed E-state index contributed by atoms with van der Waals surface area (Å²) in [6.07, 6.45) is 1.80. The fraction of sp³-hybridized carbons (Fsp3) is 0.250. The van der Waals surface area contributed by atoms with Crippen molar-refractivity contribution in [2.24, 2.45) is 0 Å². The molecular weight excluding hydrogens is 280 g/mol. The zero-order chi connectivity index (χ0) is 15.4. The lowest BCUT2D eigenvalue weighted by Crippen LogP contribution is -2.10. The van der Waals surface area contributed by atoms with Gasteiger partial charge >= 0.3 is 0 Å². The van der Waals surface area contributed by atoms with Crippen LogP contribution in [0.5, 0.6) is 0 Å². The summed E-state index contributed by atoms with van der Waals surface area (Å²) in [7, 11) is 1.67. The molecule has 0 fully saturated rings. The smallest absolute Gasteiger partial charge is 0.154 e. The summed E-state index contributed by atoms with van der Waals surface area (Å²) < 4.78 is 6.83.